The SMILES string of the molecule is C=COc1c(Br)c(Br)c(Br)c(Br)c1Br. The minimum atomic E-state index is 0.668. The molecule has 0 aromatic heterocycles. The van der Waals surface area contributed by atoms with Crippen molar-refractivity contribution in [1.29, 1.82) is 0 Å². The Labute approximate surface area is 124 Å². The third kappa shape index (κ3) is 2.45. The van der Waals surface area contributed by atoms with E-state index in [1.54, 1.807) is 0 Å². The molecule has 0 spiro atoms. The topological polar surface area (TPSA) is 9.23 Å². The van der Waals surface area contributed by atoms with Gasteiger partial charge in [0.05, 0.1) is 24.2 Å². The monoisotopic (exact) mass is 510 g/mol. The minimum Gasteiger partial charge on any atom is -0.463 e. The summed E-state index contributed by atoms with van der Waals surface area (Å²) in [4.78, 5) is 0. The first-order valence-corrected chi connectivity index (χ1v) is 7.26. The van der Waals surface area contributed by atoms with Gasteiger partial charge in [0.2, 0.25) is 0 Å². The Hall–Kier alpha value is 1.16. The third-order valence-corrected chi connectivity index (χ3v) is 7.39. The molecule has 1 aromatic carbocycles. The normalized spacial score (nSPS) is 10.1. The fourth-order valence-electron chi connectivity index (χ4n) is 0.772. The van der Waals surface area contributed by atoms with E-state index in [0.717, 1.165) is 22.4 Å². The summed E-state index contributed by atoms with van der Waals surface area (Å²) in [5.74, 6) is 0.668. The summed E-state index contributed by atoms with van der Waals surface area (Å²) in [5.41, 5.74) is 0. The average Bonchev–Trinajstić information content (AvgIpc) is 2.19. The smallest absolute Gasteiger partial charge is 0.157 e. The van der Waals surface area contributed by atoms with E-state index >= 15 is 0 Å². The van der Waals surface area contributed by atoms with E-state index in [1.165, 1.54) is 6.26 Å². The quantitative estimate of drug-likeness (QED) is 0.266. The first-order chi connectivity index (χ1) is 6.50. The maximum atomic E-state index is 5.27. The lowest BCUT2D eigenvalue weighted by Gasteiger charge is -2.11. The molecule has 0 aliphatic carbocycles. The molecule has 0 radical (unpaired) electrons. The van der Waals surface area contributed by atoms with Crippen molar-refractivity contribution in [3.05, 3.63) is 35.2 Å². The van der Waals surface area contributed by atoms with Crippen LogP contribution in [0.5, 0.6) is 5.75 Å². The summed E-state index contributed by atoms with van der Waals surface area (Å²) in [6.45, 7) is 3.51. The van der Waals surface area contributed by atoms with Gasteiger partial charge >= 0.3 is 0 Å². The zero-order chi connectivity index (χ0) is 10.9. The van der Waals surface area contributed by atoms with E-state index in [1.807, 2.05) is 0 Å². The Kier molecular flexibility index (Phi) is 5.17. The van der Waals surface area contributed by atoms with Gasteiger partial charge in [0.1, 0.15) is 0 Å². The van der Waals surface area contributed by atoms with Crippen LogP contribution in [-0.2, 0) is 0 Å². The highest BCUT2D eigenvalue weighted by Gasteiger charge is 2.18. The molecule has 0 unspecified atom stereocenters. The van der Waals surface area contributed by atoms with Crippen molar-refractivity contribution >= 4 is 79.6 Å². The lowest BCUT2D eigenvalue weighted by atomic mass is 10.3. The molecule has 6 heteroatoms. The van der Waals surface area contributed by atoms with Crippen molar-refractivity contribution in [2.45, 2.75) is 0 Å². The Morgan fingerprint density at radius 2 is 1.14 bits per heavy atom. The summed E-state index contributed by atoms with van der Waals surface area (Å²) in [7, 11) is 0. The Balaban J connectivity index is 3.50. The molecule has 0 saturated carbocycles. The fraction of sp³-hybridized carbons (Fsp3) is 0. The molecule has 0 fully saturated rings. The largest absolute Gasteiger partial charge is 0.463 e. The molecule has 0 bridgehead atoms. The van der Waals surface area contributed by atoms with Crippen LogP contribution in [0.3, 0.4) is 0 Å². The van der Waals surface area contributed by atoms with Crippen LogP contribution < -0.4 is 4.74 Å². The fourth-order valence-corrected chi connectivity index (χ4v) is 3.97. The number of hydrogen-bond donors (Lipinski definition) is 0. The van der Waals surface area contributed by atoms with E-state index in [0.29, 0.717) is 5.75 Å². The van der Waals surface area contributed by atoms with Crippen molar-refractivity contribution < 1.29 is 4.74 Å². The molecule has 0 amide bonds. The van der Waals surface area contributed by atoms with Gasteiger partial charge in [-0.05, 0) is 79.6 Å². The second-order valence-corrected chi connectivity index (χ2v) is 6.15. The Morgan fingerprint density at radius 1 is 0.786 bits per heavy atom. The maximum Gasteiger partial charge on any atom is 0.157 e. The van der Waals surface area contributed by atoms with Crippen LogP contribution in [0.25, 0.3) is 0 Å². The molecule has 1 nitrogen and oxygen atoms in total. The van der Waals surface area contributed by atoms with E-state index in [-0.39, 0.29) is 0 Å². The van der Waals surface area contributed by atoms with Crippen LogP contribution in [-0.4, -0.2) is 0 Å². The van der Waals surface area contributed by atoms with Gasteiger partial charge < -0.3 is 4.74 Å². The van der Waals surface area contributed by atoms with Gasteiger partial charge in [-0.3, -0.25) is 0 Å². The zero-order valence-electron chi connectivity index (χ0n) is 6.58. The van der Waals surface area contributed by atoms with E-state index in [9.17, 15) is 0 Å². The highest BCUT2D eigenvalue weighted by atomic mass is 79.9. The van der Waals surface area contributed by atoms with Crippen LogP contribution >= 0.6 is 79.6 Å². The number of benzene rings is 1. The highest BCUT2D eigenvalue weighted by Crippen LogP contribution is 2.48. The number of ether oxygens (including phenoxy) is 1. The molecule has 0 saturated heterocycles. The first-order valence-electron chi connectivity index (χ1n) is 3.29. The van der Waals surface area contributed by atoms with Crippen LogP contribution in [0.4, 0.5) is 0 Å². The lowest BCUT2D eigenvalue weighted by molar-refractivity contribution is 0.476. The molecule has 76 valence electrons. The molecule has 0 heterocycles. The van der Waals surface area contributed by atoms with Crippen molar-refractivity contribution in [2.75, 3.05) is 0 Å². The van der Waals surface area contributed by atoms with E-state index in [2.05, 4.69) is 86.2 Å². The molecular formula is C8H3Br5O. The standard InChI is InChI=1S/C8H3Br5O/c1-2-14-8-6(12)4(10)3(9)5(11)7(8)13/h2H,1H2. The van der Waals surface area contributed by atoms with E-state index in [4.69, 9.17) is 4.74 Å². The Morgan fingerprint density at radius 3 is 1.50 bits per heavy atom. The zero-order valence-corrected chi connectivity index (χ0v) is 14.5. The number of halogens is 5. The van der Waals surface area contributed by atoms with Crippen LogP contribution in [0.2, 0.25) is 0 Å². The molecule has 0 atom stereocenters. The van der Waals surface area contributed by atoms with Gasteiger partial charge in [0, 0.05) is 4.47 Å². The molecule has 14 heavy (non-hydrogen) atoms. The van der Waals surface area contributed by atoms with Gasteiger partial charge in [0.25, 0.3) is 0 Å². The van der Waals surface area contributed by atoms with Crippen LogP contribution in [0.1, 0.15) is 0 Å². The molecule has 0 aliphatic heterocycles. The summed E-state index contributed by atoms with van der Waals surface area (Å²) >= 11 is 17.1. The second-order valence-electron chi connectivity index (χ2n) is 2.18. The molecule has 1 aromatic rings. The summed E-state index contributed by atoms with van der Waals surface area (Å²) < 4.78 is 9.58. The van der Waals surface area contributed by atoms with Crippen molar-refractivity contribution in [1.82, 2.24) is 0 Å². The second kappa shape index (κ2) is 5.48. The van der Waals surface area contributed by atoms with Gasteiger partial charge in [-0.2, -0.15) is 0 Å². The summed E-state index contributed by atoms with van der Waals surface area (Å²) in [5, 5.41) is 0. The number of hydrogen-bond acceptors (Lipinski definition) is 1. The Bertz CT molecular complexity index is 359. The maximum absolute atomic E-state index is 5.27. The van der Waals surface area contributed by atoms with Crippen LogP contribution in [0, 0.1) is 0 Å². The predicted octanol–water partition coefficient (Wildman–Crippen LogP) is 6.02. The summed E-state index contributed by atoms with van der Waals surface area (Å²) in [6.07, 6.45) is 1.37. The molecule has 0 N–H and O–H groups in total. The van der Waals surface area contributed by atoms with Crippen LogP contribution in [0.15, 0.2) is 35.2 Å². The molecule has 0 aliphatic rings. The average molecular weight is 515 g/mol. The first kappa shape index (κ1) is 13.2. The van der Waals surface area contributed by atoms with Gasteiger partial charge in [-0.25, -0.2) is 0 Å². The van der Waals surface area contributed by atoms with E-state index < -0.39 is 0 Å². The summed E-state index contributed by atoms with van der Waals surface area (Å²) in [6, 6.07) is 0. The van der Waals surface area contributed by atoms with Gasteiger partial charge in [-0.15, -0.1) is 0 Å². The molecular weight excluding hydrogens is 512 g/mol. The third-order valence-electron chi connectivity index (χ3n) is 1.37. The van der Waals surface area contributed by atoms with Gasteiger partial charge in [0.15, 0.2) is 5.75 Å². The van der Waals surface area contributed by atoms with Crippen molar-refractivity contribution in [3.8, 4) is 5.75 Å². The van der Waals surface area contributed by atoms with Crippen molar-refractivity contribution in [3.63, 3.8) is 0 Å². The minimum absolute atomic E-state index is 0.668. The number of rotatable bonds is 2. The van der Waals surface area contributed by atoms with Gasteiger partial charge in [-0.1, -0.05) is 6.58 Å². The predicted molar refractivity (Wildman–Crippen MR) is 75.8 cm³/mol. The highest BCUT2D eigenvalue weighted by molar-refractivity contribution is 9.15. The molecule has 1 rings (SSSR count). The lowest BCUT2D eigenvalue weighted by Crippen LogP contribution is -1.88. The van der Waals surface area contributed by atoms with Crippen molar-refractivity contribution in [2.24, 2.45) is 0 Å².